The van der Waals surface area contributed by atoms with Gasteiger partial charge in [-0.25, -0.2) is 14.4 Å². The zero-order valence-corrected chi connectivity index (χ0v) is 18.5. The first kappa shape index (κ1) is 20.4. The number of fused-ring (bicyclic) bond motifs is 2. The molecule has 4 aromatic rings. The van der Waals surface area contributed by atoms with E-state index in [-0.39, 0.29) is 11.6 Å². The largest absolute Gasteiger partial charge is 0.367 e. The number of piperazine rings is 1. The van der Waals surface area contributed by atoms with Crippen molar-refractivity contribution in [2.75, 3.05) is 23.3 Å². The predicted molar refractivity (Wildman–Crippen MR) is 123 cm³/mol. The number of anilines is 2. The van der Waals surface area contributed by atoms with Crippen molar-refractivity contribution >= 4 is 34.0 Å². The Hall–Kier alpha value is -3.46. The van der Waals surface area contributed by atoms with E-state index in [0.29, 0.717) is 34.5 Å². The number of hydrogen-bond donors (Lipinski definition) is 3. The van der Waals surface area contributed by atoms with Gasteiger partial charge in [-0.05, 0) is 39.8 Å². The number of rotatable bonds is 3. The summed E-state index contributed by atoms with van der Waals surface area (Å²) < 4.78 is 16.0. The fourth-order valence-electron chi connectivity index (χ4n) is 4.61. The van der Waals surface area contributed by atoms with Crippen molar-refractivity contribution in [3.63, 3.8) is 0 Å². The molecule has 32 heavy (non-hydrogen) atoms. The summed E-state index contributed by atoms with van der Waals surface area (Å²) in [6, 6.07) is 5.75. The van der Waals surface area contributed by atoms with Gasteiger partial charge in [0.2, 0.25) is 0 Å². The Morgan fingerprint density at radius 2 is 1.91 bits per heavy atom. The highest BCUT2D eigenvalue weighted by molar-refractivity contribution is 6.13. The van der Waals surface area contributed by atoms with Crippen molar-refractivity contribution in [1.29, 1.82) is 0 Å². The van der Waals surface area contributed by atoms with Gasteiger partial charge in [0.05, 0.1) is 28.1 Å². The molecule has 9 heteroatoms. The summed E-state index contributed by atoms with van der Waals surface area (Å²) >= 11 is 0. The van der Waals surface area contributed by atoms with Crippen molar-refractivity contribution in [3.8, 4) is 0 Å². The van der Waals surface area contributed by atoms with Crippen molar-refractivity contribution in [2.45, 2.75) is 39.8 Å². The molecule has 1 amide bonds. The van der Waals surface area contributed by atoms with Crippen molar-refractivity contribution in [1.82, 2.24) is 24.7 Å². The number of amides is 1. The Kier molecular flexibility index (Phi) is 4.85. The number of imidazole rings is 2. The fraction of sp³-hybridized carbons (Fsp3) is 0.348. The molecule has 0 saturated carbocycles. The van der Waals surface area contributed by atoms with E-state index in [0.717, 1.165) is 30.1 Å². The van der Waals surface area contributed by atoms with Crippen LogP contribution in [0.15, 0.2) is 30.6 Å². The number of pyridine rings is 1. The first-order valence-electron chi connectivity index (χ1n) is 10.7. The fourth-order valence-corrected chi connectivity index (χ4v) is 4.61. The number of H-pyrrole nitrogens is 1. The molecule has 4 heterocycles. The molecule has 0 bridgehead atoms. The lowest BCUT2D eigenvalue weighted by Gasteiger charge is -2.37. The number of aromatic amines is 1. The number of aromatic nitrogens is 4. The van der Waals surface area contributed by atoms with Gasteiger partial charge >= 0.3 is 0 Å². The second kappa shape index (κ2) is 7.59. The summed E-state index contributed by atoms with van der Waals surface area (Å²) in [6.07, 6.45) is 3.37. The van der Waals surface area contributed by atoms with Crippen LogP contribution in [0.25, 0.3) is 16.7 Å². The number of aryl methyl sites for hydroxylation is 2. The van der Waals surface area contributed by atoms with Crippen LogP contribution in [0.1, 0.15) is 35.7 Å². The third kappa shape index (κ3) is 3.58. The second-order valence-corrected chi connectivity index (χ2v) is 8.70. The van der Waals surface area contributed by atoms with E-state index in [4.69, 9.17) is 0 Å². The molecule has 1 aromatic carbocycles. The number of nitrogens with zero attached hydrogens (tertiary/aromatic N) is 4. The number of hydrogen-bond acceptors (Lipinski definition) is 5. The van der Waals surface area contributed by atoms with Gasteiger partial charge in [-0.1, -0.05) is 0 Å². The summed E-state index contributed by atoms with van der Waals surface area (Å²) in [6.45, 7) is 9.73. The van der Waals surface area contributed by atoms with Gasteiger partial charge in [0.1, 0.15) is 11.3 Å². The third-order valence-electron chi connectivity index (χ3n) is 5.77. The van der Waals surface area contributed by atoms with E-state index in [1.807, 2.05) is 13.0 Å². The summed E-state index contributed by atoms with van der Waals surface area (Å²) in [5.41, 5.74) is 4.19. The highest BCUT2D eigenvalue weighted by atomic mass is 19.1. The lowest BCUT2D eigenvalue weighted by molar-refractivity contribution is 0.102. The Morgan fingerprint density at radius 3 is 2.66 bits per heavy atom. The molecule has 2 atom stereocenters. The molecular formula is C23H26FN7O. The monoisotopic (exact) mass is 435 g/mol. The van der Waals surface area contributed by atoms with Crippen LogP contribution in [-0.2, 0) is 0 Å². The average Bonchev–Trinajstić information content (AvgIpc) is 3.28. The minimum Gasteiger partial charge on any atom is -0.367 e. The van der Waals surface area contributed by atoms with E-state index >= 15 is 0 Å². The quantitative estimate of drug-likeness (QED) is 0.459. The summed E-state index contributed by atoms with van der Waals surface area (Å²) in [7, 11) is 0. The molecular weight excluding hydrogens is 409 g/mol. The van der Waals surface area contributed by atoms with Crippen LogP contribution in [0, 0.1) is 19.7 Å². The second-order valence-electron chi connectivity index (χ2n) is 8.70. The normalized spacial score (nSPS) is 19.1. The molecule has 0 aliphatic carbocycles. The molecule has 5 rings (SSSR count). The lowest BCUT2D eigenvalue weighted by atomic mass is 10.1. The number of nitrogens with one attached hydrogen (secondary N) is 3. The Morgan fingerprint density at radius 1 is 1.16 bits per heavy atom. The SMILES string of the molecule is Cc1cn2cc(NC(=O)c3ccc(N4C[C@@H](C)N[C@H](C)C4)c4[nH]c(C)nc34)cc(F)c2n1. The molecule has 0 unspecified atom stereocenters. The molecule has 1 saturated heterocycles. The van der Waals surface area contributed by atoms with Crippen LogP contribution in [0.5, 0.6) is 0 Å². The third-order valence-corrected chi connectivity index (χ3v) is 5.77. The highest BCUT2D eigenvalue weighted by Crippen LogP contribution is 2.30. The first-order chi connectivity index (χ1) is 15.3. The minimum absolute atomic E-state index is 0.231. The molecule has 0 spiro atoms. The van der Waals surface area contributed by atoms with Gasteiger partial charge < -0.3 is 24.9 Å². The van der Waals surface area contributed by atoms with Gasteiger partial charge in [-0.2, -0.15) is 0 Å². The van der Waals surface area contributed by atoms with Crippen LogP contribution < -0.4 is 15.5 Å². The van der Waals surface area contributed by atoms with Gasteiger partial charge in [0, 0.05) is 43.6 Å². The smallest absolute Gasteiger partial charge is 0.257 e. The predicted octanol–water partition coefficient (Wildman–Crippen LogP) is 3.41. The Bertz CT molecular complexity index is 1330. The van der Waals surface area contributed by atoms with Gasteiger partial charge in [0.25, 0.3) is 5.91 Å². The maximum absolute atomic E-state index is 14.4. The molecule has 1 fully saturated rings. The zero-order chi connectivity index (χ0) is 22.6. The standard InChI is InChI=1S/C23H26FN7O/c1-12-8-30(9-13(2)25-12)19-6-5-17(20-21(19)28-15(4)27-20)23(32)29-16-7-18(24)22-26-14(3)10-31(22)11-16/h5-7,10-13,25H,8-9H2,1-4H3,(H,27,28)(H,29,32)/t12-,13-/m1/s1. The highest BCUT2D eigenvalue weighted by Gasteiger charge is 2.25. The Balaban J connectivity index is 1.50. The van der Waals surface area contributed by atoms with Crippen LogP contribution in [0.3, 0.4) is 0 Å². The average molecular weight is 436 g/mol. The van der Waals surface area contributed by atoms with Crippen molar-refractivity contribution < 1.29 is 9.18 Å². The maximum atomic E-state index is 14.4. The molecule has 8 nitrogen and oxygen atoms in total. The first-order valence-corrected chi connectivity index (χ1v) is 10.7. The number of halogens is 1. The number of carbonyl (C=O) groups is 1. The molecule has 166 valence electrons. The molecule has 1 aliphatic heterocycles. The van der Waals surface area contributed by atoms with Crippen molar-refractivity contribution in [3.05, 3.63) is 53.5 Å². The lowest BCUT2D eigenvalue weighted by Crippen LogP contribution is -2.54. The van der Waals surface area contributed by atoms with Gasteiger partial charge in [-0.15, -0.1) is 0 Å². The van der Waals surface area contributed by atoms with Crippen LogP contribution in [0.2, 0.25) is 0 Å². The molecule has 3 aromatic heterocycles. The topological polar surface area (TPSA) is 90.3 Å². The van der Waals surface area contributed by atoms with E-state index in [2.05, 4.69) is 44.3 Å². The number of benzene rings is 1. The maximum Gasteiger partial charge on any atom is 0.257 e. The van der Waals surface area contributed by atoms with Crippen LogP contribution in [0.4, 0.5) is 15.8 Å². The summed E-state index contributed by atoms with van der Waals surface area (Å²) in [4.78, 5) is 27.5. The zero-order valence-electron chi connectivity index (χ0n) is 18.5. The van der Waals surface area contributed by atoms with E-state index in [9.17, 15) is 9.18 Å². The van der Waals surface area contributed by atoms with Gasteiger partial charge in [-0.3, -0.25) is 4.79 Å². The minimum atomic E-state index is -0.492. The molecule has 3 N–H and O–H groups in total. The van der Waals surface area contributed by atoms with Crippen molar-refractivity contribution in [2.24, 2.45) is 0 Å². The van der Waals surface area contributed by atoms with E-state index in [1.165, 1.54) is 6.07 Å². The summed E-state index contributed by atoms with van der Waals surface area (Å²) in [5.74, 6) is -0.0984. The van der Waals surface area contributed by atoms with E-state index in [1.54, 1.807) is 29.8 Å². The van der Waals surface area contributed by atoms with Gasteiger partial charge in [0.15, 0.2) is 11.5 Å². The van der Waals surface area contributed by atoms with Crippen LogP contribution in [-0.4, -0.2) is 50.4 Å². The summed E-state index contributed by atoms with van der Waals surface area (Å²) in [5, 5.41) is 6.35. The Labute approximate surface area is 184 Å². The van der Waals surface area contributed by atoms with E-state index < -0.39 is 5.82 Å². The molecule has 0 radical (unpaired) electrons. The number of carbonyl (C=O) groups excluding carboxylic acids is 1. The molecule has 1 aliphatic rings. The van der Waals surface area contributed by atoms with Crippen LogP contribution >= 0.6 is 0 Å².